The van der Waals surface area contributed by atoms with Crippen LogP contribution >= 0.6 is 0 Å². The quantitative estimate of drug-likeness (QED) is 0.583. The highest BCUT2D eigenvalue weighted by Gasteiger charge is 2.51. The summed E-state index contributed by atoms with van der Waals surface area (Å²) in [5, 5.41) is 9.20. The summed E-state index contributed by atoms with van der Waals surface area (Å²) in [6.45, 7) is 0. The molecule has 0 saturated heterocycles. The molecular formula is C14H17N. The van der Waals surface area contributed by atoms with E-state index in [4.69, 9.17) is 0 Å². The Morgan fingerprint density at radius 3 is 2.87 bits per heavy atom. The topological polar surface area (TPSA) is 23.8 Å². The second-order valence-corrected chi connectivity index (χ2v) is 5.15. The summed E-state index contributed by atoms with van der Waals surface area (Å²) in [7, 11) is 0. The first-order chi connectivity index (χ1) is 7.37. The number of rotatable bonds is 0. The van der Waals surface area contributed by atoms with Gasteiger partial charge in [-0.05, 0) is 56.1 Å². The van der Waals surface area contributed by atoms with Gasteiger partial charge in [-0.1, -0.05) is 12.2 Å². The summed E-state index contributed by atoms with van der Waals surface area (Å²) in [6, 6.07) is 2.53. The molecule has 0 heterocycles. The minimum absolute atomic E-state index is 0.291. The van der Waals surface area contributed by atoms with E-state index in [1.807, 2.05) is 0 Å². The summed E-state index contributed by atoms with van der Waals surface area (Å²) >= 11 is 0. The minimum atomic E-state index is 0.291. The monoisotopic (exact) mass is 199 g/mol. The number of hydrogen-bond acceptors (Lipinski definition) is 1. The van der Waals surface area contributed by atoms with Gasteiger partial charge in [-0.15, -0.1) is 0 Å². The highest BCUT2D eigenvalue weighted by atomic mass is 14.5. The van der Waals surface area contributed by atoms with E-state index in [-0.39, 0.29) is 0 Å². The smallest absolute Gasteiger partial charge is 0.0665 e. The van der Waals surface area contributed by atoms with Gasteiger partial charge < -0.3 is 0 Å². The Balaban J connectivity index is 1.99. The van der Waals surface area contributed by atoms with Gasteiger partial charge in [0.05, 0.1) is 12.0 Å². The molecule has 0 bridgehead atoms. The Bertz CT molecular complexity index is 383. The molecule has 1 spiro atoms. The molecule has 78 valence electrons. The second-order valence-electron chi connectivity index (χ2n) is 5.15. The molecule has 2 unspecified atom stereocenters. The van der Waals surface area contributed by atoms with E-state index in [9.17, 15) is 5.26 Å². The number of fused-ring (bicyclic) bond motifs is 2. The Morgan fingerprint density at radius 1 is 1.27 bits per heavy atom. The highest BCUT2D eigenvalue weighted by molar-refractivity contribution is 5.44. The molecule has 0 N–H and O–H groups in total. The van der Waals surface area contributed by atoms with E-state index in [1.54, 1.807) is 11.1 Å². The van der Waals surface area contributed by atoms with Crippen LogP contribution in [0.15, 0.2) is 23.3 Å². The van der Waals surface area contributed by atoms with Crippen LogP contribution in [0.5, 0.6) is 0 Å². The number of nitriles is 1. The van der Waals surface area contributed by atoms with Gasteiger partial charge in [0.2, 0.25) is 0 Å². The molecule has 3 aliphatic rings. The molecule has 3 rings (SSSR count). The molecule has 15 heavy (non-hydrogen) atoms. The molecular weight excluding hydrogens is 182 g/mol. The molecule has 2 fully saturated rings. The molecule has 0 aromatic rings. The maximum atomic E-state index is 9.20. The average molecular weight is 199 g/mol. The maximum Gasteiger partial charge on any atom is 0.0665 e. The molecule has 0 radical (unpaired) electrons. The highest BCUT2D eigenvalue weighted by Crippen LogP contribution is 2.60. The lowest BCUT2D eigenvalue weighted by molar-refractivity contribution is 0.0939. The second kappa shape index (κ2) is 3.23. The fourth-order valence-electron chi connectivity index (χ4n) is 3.66. The SMILES string of the molecule is N#CC1CCC12CCCC1=CCCC=C12. The summed E-state index contributed by atoms with van der Waals surface area (Å²) in [5.41, 5.74) is 3.43. The zero-order chi connectivity index (χ0) is 10.3. The summed E-state index contributed by atoms with van der Waals surface area (Å²) < 4.78 is 0. The van der Waals surface area contributed by atoms with Gasteiger partial charge >= 0.3 is 0 Å². The Labute approximate surface area is 91.5 Å². The van der Waals surface area contributed by atoms with Gasteiger partial charge in [0, 0.05) is 5.41 Å². The Hall–Kier alpha value is -1.03. The maximum absolute atomic E-state index is 9.20. The third kappa shape index (κ3) is 1.14. The molecule has 1 nitrogen and oxygen atoms in total. The van der Waals surface area contributed by atoms with Gasteiger partial charge in [0.15, 0.2) is 0 Å². The molecule has 0 aromatic carbocycles. The minimum Gasteiger partial charge on any atom is -0.198 e. The van der Waals surface area contributed by atoms with Crippen molar-refractivity contribution in [3.63, 3.8) is 0 Å². The lowest BCUT2D eigenvalue weighted by atomic mass is 9.50. The molecule has 1 heteroatoms. The number of nitrogens with zero attached hydrogens (tertiary/aromatic N) is 1. The van der Waals surface area contributed by atoms with Crippen molar-refractivity contribution in [1.29, 1.82) is 5.26 Å². The number of allylic oxidation sites excluding steroid dienone is 4. The van der Waals surface area contributed by atoms with Crippen molar-refractivity contribution < 1.29 is 0 Å². The fourth-order valence-corrected chi connectivity index (χ4v) is 3.66. The van der Waals surface area contributed by atoms with Crippen LogP contribution in [0, 0.1) is 22.7 Å². The van der Waals surface area contributed by atoms with Crippen molar-refractivity contribution in [3.8, 4) is 6.07 Å². The third-order valence-electron chi connectivity index (χ3n) is 4.56. The van der Waals surface area contributed by atoms with E-state index in [0.717, 1.165) is 6.42 Å². The number of hydrogen-bond donors (Lipinski definition) is 0. The summed E-state index contributed by atoms with van der Waals surface area (Å²) in [5.74, 6) is 0.311. The zero-order valence-electron chi connectivity index (χ0n) is 9.13. The molecule has 0 aliphatic heterocycles. The first kappa shape index (κ1) is 9.21. The first-order valence-corrected chi connectivity index (χ1v) is 6.16. The third-order valence-corrected chi connectivity index (χ3v) is 4.56. The predicted octanol–water partition coefficient (Wildman–Crippen LogP) is 3.74. The van der Waals surface area contributed by atoms with Crippen molar-refractivity contribution >= 4 is 0 Å². The summed E-state index contributed by atoms with van der Waals surface area (Å²) in [4.78, 5) is 0. The lowest BCUT2D eigenvalue weighted by Crippen LogP contribution is -2.43. The van der Waals surface area contributed by atoms with Gasteiger partial charge in [0.25, 0.3) is 0 Å². The van der Waals surface area contributed by atoms with Crippen LogP contribution in [0.4, 0.5) is 0 Å². The van der Waals surface area contributed by atoms with Gasteiger partial charge in [0.1, 0.15) is 0 Å². The van der Waals surface area contributed by atoms with Crippen LogP contribution in [-0.2, 0) is 0 Å². The first-order valence-electron chi connectivity index (χ1n) is 6.16. The van der Waals surface area contributed by atoms with E-state index in [1.165, 1.54) is 38.5 Å². The standard InChI is InChI=1S/C14H17N/c15-10-12-7-9-14(12)8-3-5-11-4-1-2-6-13(11)14/h4,6,12H,1-3,5,7-9H2. The van der Waals surface area contributed by atoms with Crippen molar-refractivity contribution in [1.82, 2.24) is 0 Å². The molecule has 2 saturated carbocycles. The predicted molar refractivity (Wildman–Crippen MR) is 60.0 cm³/mol. The van der Waals surface area contributed by atoms with E-state index in [0.29, 0.717) is 11.3 Å². The fraction of sp³-hybridized carbons (Fsp3) is 0.643. The molecule has 0 amide bonds. The van der Waals surface area contributed by atoms with E-state index in [2.05, 4.69) is 18.2 Å². The zero-order valence-corrected chi connectivity index (χ0v) is 9.13. The van der Waals surface area contributed by atoms with E-state index < -0.39 is 0 Å². The largest absolute Gasteiger partial charge is 0.198 e. The Morgan fingerprint density at radius 2 is 2.13 bits per heavy atom. The van der Waals surface area contributed by atoms with Crippen LogP contribution in [0.3, 0.4) is 0 Å². The van der Waals surface area contributed by atoms with Crippen molar-refractivity contribution in [2.45, 2.75) is 44.9 Å². The van der Waals surface area contributed by atoms with E-state index >= 15 is 0 Å². The molecule has 3 aliphatic carbocycles. The normalized spacial score (nSPS) is 38.5. The van der Waals surface area contributed by atoms with Gasteiger partial charge in [-0.25, -0.2) is 0 Å². The Kier molecular flexibility index (Phi) is 1.99. The van der Waals surface area contributed by atoms with Crippen LogP contribution in [-0.4, -0.2) is 0 Å². The molecule has 2 atom stereocenters. The van der Waals surface area contributed by atoms with Crippen LogP contribution in [0.1, 0.15) is 44.9 Å². The molecule has 0 aromatic heterocycles. The van der Waals surface area contributed by atoms with Crippen LogP contribution < -0.4 is 0 Å². The summed E-state index contributed by atoms with van der Waals surface area (Å²) in [6.07, 6.45) is 13.4. The average Bonchev–Trinajstić information content (AvgIpc) is 2.27. The van der Waals surface area contributed by atoms with Crippen molar-refractivity contribution in [3.05, 3.63) is 23.3 Å². The van der Waals surface area contributed by atoms with Crippen molar-refractivity contribution in [2.75, 3.05) is 0 Å². The van der Waals surface area contributed by atoms with Crippen LogP contribution in [0.2, 0.25) is 0 Å². The van der Waals surface area contributed by atoms with Crippen molar-refractivity contribution in [2.24, 2.45) is 11.3 Å². The lowest BCUT2D eigenvalue weighted by Gasteiger charge is -2.52. The van der Waals surface area contributed by atoms with Gasteiger partial charge in [-0.3, -0.25) is 0 Å². The van der Waals surface area contributed by atoms with Gasteiger partial charge in [-0.2, -0.15) is 5.26 Å². The van der Waals surface area contributed by atoms with Crippen LogP contribution in [0.25, 0.3) is 0 Å².